The Morgan fingerprint density at radius 3 is 2.34 bits per heavy atom. The smallest absolute Gasteiger partial charge is 0.273 e. The molecule has 0 saturated carbocycles. The number of aromatic nitrogens is 1. The predicted octanol–water partition coefficient (Wildman–Crippen LogP) is 3.69. The number of thiazole rings is 1. The largest absolute Gasteiger partial charge is 0.321 e. The number of hydrogen-bond donors (Lipinski definition) is 1. The molecular formula is C25H16ClN3O2S. The molecule has 7 heteroatoms. The van der Waals surface area contributed by atoms with Gasteiger partial charge in [0.25, 0.3) is 11.5 Å². The number of carbonyl (C=O) groups is 1. The van der Waals surface area contributed by atoms with Crippen molar-refractivity contribution in [3.8, 4) is 11.8 Å². The van der Waals surface area contributed by atoms with Gasteiger partial charge in [-0.2, -0.15) is 5.26 Å². The van der Waals surface area contributed by atoms with Gasteiger partial charge in [0, 0.05) is 10.7 Å². The number of hydrogen-bond acceptors (Lipinski definition) is 4. The van der Waals surface area contributed by atoms with Crippen LogP contribution in [-0.4, -0.2) is 10.5 Å². The lowest BCUT2D eigenvalue weighted by Crippen LogP contribution is -2.32. The molecule has 1 heterocycles. The van der Waals surface area contributed by atoms with E-state index >= 15 is 0 Å². The van der Waals surface area contributed by atoms with E-state index in [2.05, 4.69) is 5.32 Å². The summed E-state index contributed by atoms with van der Waals surface area (Å²) in [6, 6.07) is 27.0. The summed E-state index contributed by atoms with van der Waals surface area (Å²) in [7, 11) is 0. The lowest BCUT2D eigenvalue weighted by molar-refractivity contribution is -0.111. The fourth-order valence-electron chi connectivity index (χ4n) is 3.12. The van der Waals surface area contributed by atoms with Crippen LogP contribution in [0, 0.1) is 11.3 Å². The number of nitrogens with zero attached hydrogens (tertiary/aromatic N) is 2. The van der Waals surface area contributed by atoms with Gasteiger partial charge in [-0.1, -0.05) is 66.2 Å². The summed E-state index contributed by atoms with van der Waals surface area (Å²) in [6.07, 6.45) is 1.75. The highest BCUT2D eigenvalue weighted by Crippen LogP contribution is 2.15. The van der Waals surface area contributed by atoms with Crippen molar-refractivity contribution in [1.29, 1.82) is 5.26 Å². The van der Waals surface area contributed by atoms with Crippen LogP contribution in [0.25, 0.3) is 17.3 Å². The quantitative estimate of drug-likeness (QED) is 0.507. The van der Waals surface area contributed by atoms with Gasteiger partial charge in [0.15, 0.2) is 5.57 Å². The molecule has 5 nitrogen and oxygen atoms in total. The molecule has 0 spiro atoms. The minimum atomic E-state index is -0.619. The summed E-state index contributed by atoms with van der Waals surface area (Å²) in [5, 5.41) is 13.0. The van der Waals surface area contributed by atoms with Gasteiger partial charge in [0.05, 0.1) is 10.2 Å². The number of nitriles is 1. The minimum absolute atomic E-state index is 0.163. The molecule has 32 heavy (non-hydrogen) atoms. The second-order valence-corrected chi connectivity index (χ2v) is 8.22. The van der Waals surface area contributed by atoms with E-state index in [1.807, 2.05) is 42.5 Å². The van der Waals surface area contributed by atoms with Crippen molar-refractivity contribution in [3.63, 3.8) is 0 Å². The van der Waals surface area contributed by atoms with E-state index in [4.69, 9.17) is 11.6 Å². The molecule has 0 aliphatic rings. The molecule has 156 valence electrons. The highest BCUT2D eigenvalue weighted by atomic mass is 35.5. The fraction of sp³-hybridized carbons (Fsp3) is 0. The average molecular weight is 458 g/mol. The summed E-state index contributed by atoms with van der Waals surface area (Å²) in [5.74, 6) is -0.619. The zero-order chi connectivity index (χ0) is 22.5. The molecule has 0 aliphatic carbocycles. The number of para-hydroxylation sites is 1. The number of benzene rings is 3. The average Bonchev–Trinajstić information content (AvgIpc) is 3.11. The van der Waals surface area contributed by atoms with Crippen molar-refractivity contribution in [2.75, 3.05) is 5.32 Å². The monoisotopic (exact) mass is 457 g/mol. The third kappa shape index (κ3) is 4.54. The molecule has 1 amide bonds. The second-order valence-electron chi connectivity index (χ2n) is 6.75. The van der Waals surface area contributed by atoms with Gasteiger partial charge in [-0.25, -0.2) is 0 Å². The van der Waals surface area contributed by atoms with Gasteiger partial charge < -0.3 is 5.32 Å². The first-order valence-corrected chi connectivity index (χ1v) is 10.8. The van der Waals surface area contributed by atoms with E-state index in [1.54, 1.807) is 54.6 Å². The van der Waals surface area contributed by atoms with Gasteiger partial charge in [0.2, 0.25) is 0 Å². The minimum Gasteiger partial charge on any atom is -0.321 e. The van der Waals surface area contributed by atoms with Crippen LogP contribution in [0.4, 0.5) is 5.69 Å². The van der Waals surface area contributed by atoms with Crippen LogP contribution < -0.4 is 20.1 Å². The molecule has 0 fully saturated rings. The Bertz CT molecular complexity index is 1500. The number of halogens is 1. The Morgan fingerprint density at radius 1 is 1.00 bits per heavy atom. The summed E-state index contributed by atoms with van der Waals surface area (Å²) in [5.41, 5.74) is 1.41. The van der Waals surface area contributed by atoms with Gasteiger partial charge >= 0.3 is 0 Å². The zero-order valence-electron chi connectivity index (χ0n) is 16.7. The maximum Gasteiger partial charge on any atom is 0.273 e. The summed E-state index contributed by atoms with van der Waals surface area (Å²) >= 11 is 7.09. The number of anilines is 1. The maximum absolute atomic E-state index is 13.3. The van der Waals surface area contributed by atoms with Crippen LogP contribution >= 0.6 is 22.9 Å². The Kier molecular flexibility index (Phi) is 6.31. The van der Waals surface area contributed by atoms with E-state index in [0.717, 1.165) is 16.9 Å². The third-order valence-corrected chi connectivity index (χ3v) is 5.90. The van der Waals surface area contributed by atoms with Crippen molar-refractivity contribution in [2.24, 2.45) is 0 Å². The van der Waals surface area contributed by atoms with Crippen LogP contribution in [0.15, 0.2) is 89.7 Å². The van der Waals surface area contributed by atoms with E-state index in [0.29, 0.717) is 20.9 Å². The SMILES string of the molecule is N#CC(C(=O)Nc1cccc(Cl)c1)=c1sc(=Cc2ccccc2)c(=O)n1-c1ccccc1. The van der Waals surface area contributed by atoms with E-state index in [1.165, 1.54) is 4.57 Å². The first-order valence-electron chi connectivity index (χ1n) is 9.62. The fourth-order valence-corrected chi connectivity index (χ4v) is 4.41. The van der Waals surface area contributed by atoms with Crippen molar-refractivity contribution in [1.82, 2.24) is 4.57 Å². The molecule has 1 N–H and O–H groups in total. The number of amides is 1. The number of rotatable bonds is 4. The number of carbonyl (C=O) groups excluding carboxylic acids is 1. The Balaban J connectivity index is 1.95. The predicted molar refractivity (Wildman–Crippen MR) is 128 cm³/mol. The first kappa shape index (κ1) is 21.3. The molecule has 0 aliphatic heterocycles. The number of nitrogens with one attached hydrogen (secondary N) is 1. The lowest BCUT2D eigenvalue weighted by atomic mass is 10.2. The van der Waals surface area contributed by atoms with E-state index in [-0.39, 0.29) is 15.8 Å². The molecule has 4 rings (SSSR count). The second kappa shape index (κ2) is 9.48. The Morgan fingerprint density at radius 2 is 1.69 bits per heavy atom. The van der Waals surface area contributed by atoms with E-state index < -0.39 is 5.91 Å². The zero-order valence-corrected chi connectivity index (χ0v) is 18.2. The van der Waals surface area contributed by atoms with Crippen molar-refractivity contribution < 1.29 is 4.79 Å². The van der Waals surface area contributed by atoms with Crippen LogP contribution in [0.3, 0.4) is 0 Å². The molecular weight excluding hydrogens is 442 g/mol. The molecule has 0 bridgehead atoms. The van der Waals surface area contributed by atoms with E-state index in [9.17, 15) is 14.9 Å². The highest BCUT2D eigenvalue weighted by Gasteiger charge is 2.17. The summed E-state index contributed by atoms with van der Waals surface area (Å²) in [4.78, 5) is 26.3. The molecule has 1 aromatic heterocycles. The van der Waals surface area contributed by atoms with Gasteiger partial charge in [-0.3, -0.25) is 14.2 Å². The molecule has 4 aromatic rings. The van der Waals surface area contributed by atoms with Crippen molar-refractivity contribution in [2.45, 2.75) is 0 Å². The summed E-state index contributed by atoms with van der Waals surface area (Å²) < 4.78 is 2.07. The lowest BCUT2D eigenvalue weighted by Gasteiger charge is -2.06. The molecule has 0 atom stereocenters. The van der Waals surface area contributed by atoms with Crippen LogP contribution in [-0.2, 0) is 4.79 Å². The highest BCUT2D eigenvalue weighted by molar-refractivity contribution is 7.07. The van der Waals surface area contributed by atoms with Crippen molar-refractivity contribution >= 4 is 46.2 Å². The Hall–Kier alpha value is -3.92. The molecule has 0 unspecified atom stereocenters. The van der Waals surface area contributed by atoms with Crippen LogP contribution in [0.2, 0.25) is 5.02 Å². The molecule has 0 saturated heterocycles. The first-order chi connectivity index (χ1) is 15.6. The van der Waals surface area contributed by atoms with Gasteiger partial charge in [-0.15, -0.1) is 11.3 Å². The summed E-state index contributed by atoms with van der Waals surface area (Å²) in [6.45, 7) is 0. The normalized spacial score (nSPS) is 12.2. The molecule has 3 aromatic carbocycles. The van der Waals surface area contributed by atoms with Gasteiger partial charge in [-0.05, 0) is 42.0 Å². The standard InChI is InChI=1S/C25H16ClN3O2S/c26-18-10-7-11-19(15-18)28-23(30)21(16-27)25-29(20-12-5-2-6-13-20)24(31)22(32-25)14-17-8-3-1-4-9-17/h1-15H,(H,28,30). The van der Waals surface area contributed by atoms with Crippen molar-refractivity contribution in [3.05, 3.63) is 115 Å². The molecule has 0 radical (unpaired) electrons. The third-order valence-electron chi connectivity index (χ3n) is 4.57. The van der Waals surface area contributed by atoms with Gasteiger partial charge in [0.1, 0.15) is 10.7 Å². The topological polar surface area (TPSA) is 74.9 Å². The van der Waals surface area contributed by atoms with Crippen LogP contribution in [0.5, 0.6) is 0 Å². The van der Waals surface area contributed by atoms with Crippen LogP contribution in [0.1, 0.15) is 5.56 Å². The Labute approximate surface area is 192 Å². The maximum atomic E-state index is 13.3.